The van der Waals surface area contributed by atoms with E-state index in [0.29, 0.717) is 18.2 Å². The van der Waals surface area contributed by atoms with E-state index in [4.69, 9.17) is 4.74 Å². The summed E-state index contributed by atoms with van der Waals surface area (Å²) >= 11 is 0. The lowest BCUT2D eigenvalue weighted by Gasteiger charge is -2.15. The molecule has 0 aliphatic carbocycles. The van der Waals surface area contributed by atoms with E-state index in [0.717, 1.165) is 23.8 Å². The van der Waals surface area contributed by atoms with Crippen LogP contribution < -0.4 is 10.3 Å². The third-order valence-electron chi connectivity index (χ3n) is 5.62. The van der Waals surface area contributed by atoms with Gasteiger partial charge in [-0.25, -0.2) is 13.1 Å². The van der Waals surface area contributed by atoms with E-state index in [9.17, 15) is 23.6 Å². The molecular formula is C25H35N5O5S. The van der Waals surface area contributed by atoms with Gasteiger partial charge in [-0.15, -0.1) is 5.11 Å². The van der Waals surface area contributed by atoms with Crippen molar-refractivity contribution < 1.29 is 18.3 Å². The van der Waals surface area contributed by atoms with Crippen molar-refractivity contribution >= 4 is 21.4 Å². The minimum absolute atomic E-state index is 0.0471. The number of nitrogens with one attached hydrogen (secondary N) is 1. The molecule has 196 valence electrons. The molecule has 36 heavy (non-hydrogen) atoms. The minimum atomic E-state index is -3.69. The second-order valence-corrected chi connectivity index (χ2v) is 10.7. The maximum Gasteiger partial charge on any atom is 0.281 e. The van der Waals surface area contributed by atoms with E-state index in [2.05, 4.69) is 28.8 Å². The molecule has 2 rings (SSSR count). The number of rotatable bonds is 13. The number of ether oxygens (including phenoxy) is 1. The molecule has 2 N–H and O–H groups in total. The van der Waals surface area contributed by atoms with Crippen LogP contribution in [0, 0.1) is 24.2 Å². The Balaban J connectivity index is 2.24. The maximum absolute atomic E-state index is 12.9. The fraction of sp³-hybridized carbons (Fsp3) is 0.520. The molecule has 0 saturated heterocycles. The zero-order valence-electron chi connectivity index (χ0n) is 21.5. The zero-order valence-corrected chi connectivity index (χ0v) is 22.3. The molecule has 0 spiro atoms. The van der Waals surface area contributed by atoms with Gasteiger partial charge in [0.1, 0.15) is 11.6 Å². The van der Waals surface area contributed by atoms with Crippen LogP contribution in [0.15, 0.2) is 44.2 Å². The number of aromatic nitrogens is 1. The Labute approximate surface area is 212 Å². The van der Waals surface area contributed by atoms with Crippen LogP contribution in [0.2, 0.25) is 0 Å². The van der Waals surface area contributed by atoms with E-state index in [1.165, 1.54) is 31.2 Å². The topological polar surface area (TPSA) is 146 Å². The molecule has 0 amide bonds. The molecule has 10 nitrogen and oxygen atoms in total. The van der Waals surface area contributed by atoms with Crippen molar-refractivity contribution in [1.82, 2.24) is 9.29 Å². The molecular weight excluding hydrogens is 482 g/mol. The molecule has 0 fully saturated rings. The smallest absolute Gasteiger partial charge is 0.281 e. The Morgan fingerprint density at radius 3 is 2.42 bits per heavy atom. The average molecular weight is 518 g/mol. The van der Waals surface area contributed by atoms with Gasteiger partial charge in [0.25, 0.3) is 5.56 Å². The first-order chi connectivity index (χ1) is 17.0. The SMILES string of the molecule is CCOCCn1c(O)c(C#N)c(C)c(N=Nc2ccc(S(=O)(=O)NC(C)CCCC(C)C)cc2)c1=O. The molecule has 1 unspecified atom stereocenters. The fourth-order valence-corrected chi connectivity index (χ4v) is 4.87. The van der Waals surface area contributed by atoms with E-state index in [1.807, 2.05) is 13.0 Å². The molecule has 0 radical (unpaired) electrons. The first-order valence-electron chi connectivity index (χ1n) is 12.0. The second-order valence-electron chi connectivity index (χ2n) is 8.98. The number of hydrogen-bond donors (Lipinski definition) is 2. The molecule has 1 aromatic heterocycles. The molecule has 0 bridgehead atoms. The monoisotopic (exact) mass is 517 g/mol. The standard InChI is InChI=1S/C25H35N5O5S/c1-6-35-15-14-30-24(31)22(16-26)19(5)23(25(30)32)28-27-20-10-12-21(13-11-20)36(33,34)29-18(4)9-7-8-17(2)3/h10-13,17-18,29,31H,6-9,14-15H2,1-5H3. The van der Waals surface area contributed by atoms with E-state index in [1.54, 1.807) is 6.92 Å². The predicted molar refractivity (Wildman–Crippen MR) is 137 cm³/mol. The van der Waals surface area contributed by atoms with Gasteiger partial charge >= 0.3 is 0 Å². The summed E-state index contributed by atoms with van der Waals surface area (Å²) in [5.74, 6) is 0.129. The van der Waals surface area contributed by atoms with Crippen LogP contribution in [-0.2, 0) is 21.3 Å². The Morgan fingerprint density at radius 2 is 1.83 bits per heavy atom. The van der Waals surface area contributed by atoms with Gasteiger partial charge in [-0.3, -0.25) is 9.36 Å². The highest BCUT2D eigenvalue weighted by Crippen LogP contribution is 2.27. The van der Waals surface area contributed by atoms with Crippen molar-refractivity contribution in [2.45, 2.75) is 71.4 Å². The molecule has 0 saturated carbocycles. The van der Waals surface area contributed by atoms with Crippen LogP contribution in [0.1, 0.15) is 58.1 Å². The zero-order chi connectivity index (χ0) is 26.9. The largest absolute Gasteiger partial charge is 0.493 e. The third kappa shape index (κ3) is 7.71. The van der Waals surface area contributed by atoms with Crippen molar-refractivity contribution in [3.8, 4) is 11.9 Å². The number of benzene rings is 1. The quantitative estimate of drug-likeness (QED) is 0.291. The summed E-state index contributed by atoms with van der Waals surface area (Å²) in [5.41, 5.74) is -0.247. The summed E-state index contributed by atoms with van der Waals surface area (Å²) in [4.78, 5) is 13.0. The van der Waals surface area contributed by atoms with Gasteiger partial charge < -0.3 is 9.84 Å². The number of sulfonamides is 1. The molecule has 11 heteroatoms. The predicted octanol–water partition coefficient (Wildman–Crippen LogP) is 4.68. The normalized spacial score (nSPS) is 12.8. The van der Waals surface area contributed by atoms with Gasteiger partial charge in [-0.2, -0.15) is 10.4 Å². The highest BCUT2D eigenvalue weighted by molar-refractivity contribution is 7.89. The van der Waals surface area contributed by atoms with Crippen LogP contribution in [0.5, 0.6) is 5.88 Å². The number of nitriles is 1. The Bertz CT molecular complexity index is 1260. The average Bonchev–Trinajstić information content (AvgIpc) is 2.81. The van der Waals surface area contributed by atoms with Crippen molar-refractivity contribution in [1.29, 1.82) is 5.26 Å². The molecule has 1 aromatic carbocycles. The second kappa shape index (κ2) is 13.3. The van der Waals surface area contributed by atoms with Crippen LogP contribution in [0.4, 0.5) is 11.4 Å². The number of azo groups is 1. The Morgan fingerprint density at radius 1 is 1.17 bits per heavy atom. The van der Waals surface area contributed by atoms with Crippen LogP contribution in [0.25, 0.3) is 0 Å². The van der Waals surface area contributed by atoms with Crippen LogP contribution in [-0.4, -0.2) is 37.3 Å². The Kier molecular flexibility index (Phi) is 10.8. The van der Waals surface area contributed by atoms with Gasteiger partial charge in [0.15, 0.2) is 5.69 Å². The highest BCUT2D eigenvalue weighted by atomic mass is 32.2. The lowest BCUT2D eigenvalue weighted by atomic mass is 10.0. The van der Waals surface area contributed by atoms with Crippen molar-refractivity contribution in [2.24, 2.45) is 16.1 Å². The number of hydrogen-bond acceptors (Lipinski definition) is 8. The molecule has 0 aliphatic heterocycles. The Hall–Kier alpha value is -3.07. The first kappa shape index (κ1) is 29.2. The highest BCUT2D eigenvalue weighted by Gasteiger charge is 2.20. The van der Waals surface area contributed by atoms with E-state index >= 15 is 0 Å². The molecule has 0 aliphatic rings. The number of nitrogens with zero attached hydrogens (tertiary/aromatic N) is 4. The van der Waals surface area contributed by atoms with Crippen molar-refractivity contribution in [3.05, 3.63) is 45.7 Å². The molecule has 2 aromatic rings. The number of pyridine rings is 1. The van der Waals surface area contributed by atoms with Crippen molar-refractivity contribution in [2.75, 3.05) is 13.2 Å². The lowest BCUT2D eigenvalue weighted by Crippen LogP contribution is -2.32. The molecule has 1 heterocycles. The van der Waals surface area contributed by atoms with Gasteiger partial charge in [0.05, 0.1) is 23.7 Å². The molecule has 1 atom stereocenters. The summed E-state index contributed by atoms with van der Waals surface area (Å²) in [7, 11) is -3.69. The summed E-state index contributed by atoms with van der Waals surface area (Å²) < 4.78 is 34.4. The van der Waals surface area contributed by atoms with E-state index in [-0.39, 0.29) is 40.9 Å². The fourth-order valence-electron chi connectivity index (χ4n) is 3.59. The summed E-state index contributed by atoms with van der Waals surface area (Å²) in [6.45, 7) is 10.1. The third-order valence-corrected chi connectivity index (χ3v) is 7.23. The van der Waals surface area contributed by atoms with Gasteiger partial charge in [-0.05, 0) is 57.4 Å². The van der Waals surface area contributed by atoms with Crippen molar-refractivity contribution in [3.63, 3.8) is 0 Å². The number of aromatic hydroxyl groups is 1. The summed E-state index contributed by atoms with van der Waals surface area (Å²) in [6, 6.07) is 7.50. The minimum Gasteiger partial charge on any atom is -0.493 e. The van der Waals surface area contributed by atoms with Gasteiger partial charge in [0.2, 0.25) is 15.9 Å². The van der Waals surface area contributed by atoms with E-state index < -0.39 is 21.5 Å². The van der Waals surface area contributed by atoms with Crippen LogP contribution in [0.3, 0.4) is 0 Å². The summed E-state index contributed by atoms with van der Waals surface area (Å²) in [6.07, 6.45) is 2.74. The van der Waals surface area contributed by atoms with Crippen LogP contribution >= 0.6 is 0 Å². The maximum atomic E-state index is 12.9. The van der Waals surface area contributed by atoms with Gasteiger partial charge in [0, 0.05) is 18.2 Å². The summed E-state index contributed by atoms with van der Waals surface area (Å²) in [5, 5.41) is 27.9. The van der Waals surface area contributed by atoms with Gasteiger partial charge in [-0.1, -0.05) is 26.7 Å². The first-order valence-corrected chi connectivity index (χ1v) is 13.5. The lowest BCUT2D eigenvalue weighted by molar-refractivity contribution is 0.136.